The molecule has 9 heteroatoms. The van der Waals surface area contributed by atoms with Gasteiger partial charge >= 0.3 is 23.9 Å². The predicted octanol–water partition coefficient (Wildman–Crippen LogP) is 10.9. The smallest absolute Gasteiger partial charge is 0.216 e. The van der Waals surface area contributed by atoms with Gasteiger partial charge in [0, 0.05) is 5.56 Å². The summed E-state index contributed by atoms with van der Waals surface area (Å²) in [5.41, 5.74) is -6.42. The number of unbranched alkanes of at least 4 members (excludes halogenated alkanes) is 4. The maximum atomic E-state index is 14.3. The molecule has 0 saturated heterocycles. The molecule has 0 N–H and O–H groups in total. The van der Waals surface area contributed by atoms with E-state index in [0.717, 1.165) is 36.5 Å². The van der Waals surface area contributed by atoms with E-state index < -0.39 is 29.5 Å². The van der Waals surface area contributed by atoms with Crippen LogP contribution in [0.1, 0.15) is 88.2 Å². The Morgan fingerprint density at radius 3 is 1.55 bits per heavy atom. The first-order chi connectivity index (χ1) is 17.7. The standard InChI is InChI=1S/C29H33F9/c1-2-3-4-5-6-7-20-8-10-21(11-9-20)22-12-14-23(15-13-22)24-16-18-25(19-17-24)26(30,31)27(32,28(33,34)35)29(36,37)38/h12-21H,2-11H2,1H3. The molecule has 1 fully saturated rings. The second kappa shape index (κ2) is 11.9. The molecule has 0 aromatic heterocycles. The molecule has 0 nitrogen and oxygen atoms in total. The summed E-state index contributed by atoms with van der Waals surface area (Å²) >= 11 is 0. The molecule has 0 heterocycles. The topological polar surface area (TPSA) is 0 Å². The van der Waals surface area contributed by atoms with E-state index in [-0.39, 0.29) is 0 Å². The summed E-state index contributed by atoms with van der Waals surface area (Å²) in [4.78, 5) is 0. The summed E-state index contributed by atoms with van der Waals surface area (Å²) in [6.07, 6.45) is -1.61. The van der Waals surface area contributed by atoms with E-state index >= 15 is 0 Å². The zero-order valence-corrected chi connectivity index (χ0v) is 21.2. The molecule has 1 saturated carbocycles. The third kappa shape index (κ3) is 6.33. The Kier molecular flexibility index (Phi) is 9.51. The molecule has 0 radical (unpaired) electrons. The van der Waals surface area contributed by atoms with Crippen molar-refractivity contribution in [2.75, 3.05) is 0 Å². The van der Waals surface area contributed by atoms with E-state index in [1.54, 1.807) is 12.1 Å². The van der Waals surface area contributed by atoms with Crippen LogP contribution < -0.4 is 0 Å². The highest BCUT2D eigenvalue weighted by Gasteiger charge is 2.84. The summed E-state index contributed by atoms with van der Waals surface area (Å²) in [7, 11) is 0. The van der Waals surface area contributed by atoms with E-state index in [2.05, 4.69) is 6.92 Å². The molecule has 0 spiro atoms. The lowest BCUT2D eigenvalue weighted by Crippen LogP contribution is -2.63. The summed E-state index contributed by atoms with van der Waals surface area (Å²) in [5, 5.41) is 0. The quantitative estimate of drug-likeness (QED) is 0.203. The van der Waals surface area contributed by atoms with E-state index in [4.69, 9.17) is 0 Å². The summed E-state index contributed by atoms with van der Waals surface area (Å²) in [6.45, 7) is 2.20. The van der Waals surface area contributed by atoms with Crippen molar-refractivity contribution in [2.45, 2.75) is 101 Å². The number of halogens is 9. The Morgan fingerprint density at radius 2 is 1.08 bits per heavy atom. The Labute approximate surface area is 217 Å². The van der Waals surface area contributed by atoms with Gasteiger partial charge in [0.05, 0.1) is 0 Å². The molecule has 212 valence electrons. The highest BCUT2D eigenvalue weighted by molar-refractivity contribution is 5.64. The number of hydrogen-bond donors (Lipinski definition) is 0. The largest absolute Gasteiger partial charge is 0.438 e. The molecule has 38 heavy (non-hydrogen) atoms. The van der Waals surface area contributed by atoms with Crippen LogP contribution in [0.15, 0.2) is 48.5 Å². The van der Waals surface area contributed by atoms with Crippen LogP contribution in [0.25, 0.3) is 11.1 Å². The van der Waals surface area contributed by atoms with Gasteiger partial charge in [-0.2, -0.15) is 35.1 Å². The van der Waals surface area contributed by atoms with Crippen molar-refractivity contribution in [3.05, 3.63) is 59.7 Å². The van der Waals surface area contributed by atoms with Gasteiger partial charge in [0.1, 0.15) is 0 Å². The molecule has 1 aliphatic carbocycles. The highest BCUT2D eigenvalue weighted by atomic mass is 19.4. The summed E-state index contributed by atoms with van der Waals surface area (Å²) in [6, 6.07) is 10.0. The molecule has 0 bridgehead atoms. The van der Waals surface area contributed by atoms with E-state index in [1.807, 2.05) is 12.1 Å². The van der Waals surface area contributed by atoms with Gasteiger partial charge in [-0.3, -0.25) is 0 Å². The molecule has 2 aromatic carbocycles. The van der Waals surface area contributed by atoms with Crippen LogP contribution in [0.4, 0.5) is 39.5 Å². The second-order valence-corrected chi connectivity index (χ2v) is 10.3. The fourth-order valence-corrected chi connectivity index (χ4v) is 5.36. The molecule has 3 rings (SSSR count). The summed E-state index contributed by atoms with van der Waals surface area (Å²) < 4.78 is 120. The van der Waals surface area contributed by atoms with E-state index in [0.29, 0.717) is 29.2 Å². The van der Waals surface area contributed by atoms with Gasteiger partial charge in [0.25, 0.3) is 0 Å². The first kappa shape index (κ1) is 30.4. The molecule has 0 atom stereocenters. The van der Waals surface area contributed by atoms with Crippen molar-refractivity contribution in [3.63, 3.8) is 0 Å². The minimum atomic E-state index is -6.86. The molecule has 0 unspecified atom stereocenters. The fourth-order valence-electron chi connectivity index (χ4n) is 5.36. The van der Waals surface area contributed by atoms with Gasteiger partial charge in [-0.25, -0.2) is 4.39 Å². The van der Waals surface area contributed by atoms with Crippen molar-refractivity contribution in [3.8, 4) is 11.1 Å². The second-order valence-electron chi connectivity index (χ2n) is 10.3. The van der Waals surface area contributed by atoms with Crippen LogP contribution in [0.5, 0.6) is 0 Å². The van der Waals surface area contributed by atoms with Crippen molar-refractivity contribution in [1.29, 1.82) is 0 Å². The lowest BCUT2D eigenvalue weighted by molar-refractivity contribution is -0.400. The third-order valence-corrected chi connectivity index (χ3v) is 7.74. The van der Waals surface area contributed by atoms with Crippen molar-refractivity contribution < 1.29 is 39.5 Å². The minimum absolute atomic E-state index is 0.311. The molecule has 0 amide bonds. The van der Waals surface area contributed by atoms with Gasteiger partial charge < -0.3 is 0 Å². The molecule has 0 aliphatic heterocycles. The summed E-state index contributed by atoms with van der Waals surface area (Å²) in [5.74, 6) is -4.72. The van der Waals surface area contributed by atoms with Gasteiger partial charge in [-0.15, -0.1) is 0 Å². The number of benzene rings is 2. The number of rotatable bonds is 10. The van der Waals surface area contributed by atoms with E-state index in [1.165, 1.54) is 51.4 Å². The van der Waals surface area contributed by atoms with Gasteiger partial charge in [-0.1, -0.05) is 94.0 Å². The predicted molar refractivity (Wildman–Crippen MR) is 130 cm³/mol. The zero-order valence-electron chi connectivity index (χ0n) is 21.2. The number of alkyl halides is 9. The van der Waals surface area contributed by atoms with Crippen LogP contribution >= 0.6 is 0 Å². The number of hydrogen-bond acceptors (Lipinski definition) is 0. The van der Waals surface area contributed by atoms with Crippen molar-refractivity contribution >= 4 is 0 Å². The van der Waals surface area contributed by atoms with Crippen molar-refractivity contribution in [2.24, 2.45) is 5.92 Å². The molecule has 1 aliphatic rings. The maximum Gasteiger partial charge on any atom is 0.438 e. The van der Waals surface area contributed by atoms with Crippen LogP contribution in [0.3, 0.4) is 0 Å². The lowest BCUT2D eigenvalue weighted by atomic mass is 9.77. The monoisotopic (exact) mass is 552 g/mol. The molecule has 2 aromatic rings. The third-order valence-electron chi connectivity index (χ3n) is 7.74. The molecular formula is C29H33F9. The van der Waals surface area contributed by atoms with Crippen LogP contribution in [-0.4, -0.2) is 18.0 Å². The first-order valence-corrected chi connectivity index (χ1v) is 13.1. The molecular weight excluding hydrogens is 519 g/mol. The van der Waals surface area contributed by atoms with E-state index in [9.17, 15) is 39.5 Å². The Morgan fingerprint density at radius 1 is 0.605 bits per heavy atom. The normalized spacial score (nSPS) is 19.5. The first-order valence-electron chi connectivity index (χ1n) is 13.1. The Balaban J connectivity index is 1.65. The minimum Gasteiger partial charge on any atom is -0.216 e. The average Bonchev–Trinajstić information content (AvgIpc) is 2.87. The maximum absolute atomic E-state index is 14.3. The van der Waals surface area contributed by atoms with Gasteiger partial charge in [0.2, 0.25) is 0 Å². The van der Waals surface area contributed by atoms with Gasteiger partial charge in [-0.05, 0) is 54.2 Å². The lowest BCUT2D eigenvalue weighted by Gasteiger charge is -2.36. The highest BCUT2D eigenvalue weighted by Crippen LogP contribution is 2.58. The Bertz CT molecular complexity index is 982. The van der Waals surface area contributed by atoms with Crippen LogP contribution in [0, 0.1) is 5.92 Å². The average molecular weight is 553 g/mol. The van der Waals surface area contributed by atoms with Gasteiger partial charge in [0.15, 0.2) is 0 Å². The SMILES string of the molecule is CCCCCCCC1CCC(c2ccc(-c3ccc(C(F)(F)C(F)(C(F)(F)F)C(F)(F)F)cc3)cc2)CC1. The van der Waals surface area contributed by atoms with Crippen LogP contribution in [-0.2, 0) is 5.92 Å². The fraction of sp³-hybridized carbons (Fsp3) is 0.586. The van der Waals surface area contributed by atoms with Crippen molar-refractivity contribution in [1.82, 2.24) is 0 Å². The van der Waals surface area contributed by atoms with Crippen LogP contribution in [0.2, 0.25) is 0 Å². The zero-order chi connectivity index (χ0) is 28.2. The Hall–Kier alpha value is -2.19.